The van der Waals surface area contributed by atoms with Crippen LogP contribution in [-0.4, -0.2) is 26.2 Å². The van der Waals surface area contributed by atoms with Crippen LogP contribution in [0.25, 0.3) is 39.0 Å². The van der Waals surface area contributed by atoms with Gasteiger partial charge in [0.05, 0.1) is 28.0 Å². The second kappa shape index (κ2) is 11.5. The molecule has 0 aliphatic heterocycles. The first-order valence-corrected chi connectivity index (χ1v) is 15.0. The summed E-state index contributed by atoms with van der Waals surface area (Å²) in [5.74, 6) is -0.138. The van der Waals surface area contributed by atoms with Crippen LogP contribution in [0.3, 0.4) is 0 Å². The van der Waals surface area contributed by atoms with Crippen molar-refractivity contribution in [3.63, 3.8) is 0 Å². The number of benzene rings is 4. The quantitative estimate of drug-likeness (QED) is 0.158. The molecule has 0 radical (unpaired) electrons. The number of carbonyl (C=O) groups excluding carboxylic acids is 1. The van der Waals surface area contributed by atoms with Crippen molar-refractivity contribution >= 4 is 45.0 Å². The smallest absolute Gasteiger partial charge is 0.266 e. The number of nitrogens with one attached hydrogen (secondary N) is 1. The number of carbonyl (C=O) groups is 1. The molecule has 0 atom stereocenters. The van der Waals surface area contributed by atoms with Crippen LogP contribution < -0.4 is 10.9 Å². The van der Waals surface area contributed by atoms with Gasteiger partial charge in [-0.3, -0.25) is 14.2 Å². The van der Waals surface area contributed by atoms with E-state index < -0.39 is 0 Å². The molecule has 41 heavy (non-hydrogen) atoms. The number of thiazole rings is 1. The van der Waals surface area contributed by atoms with Gasteiger partial charge in [-0.25, -0.2) is 9.97 Å². The average molecular weight is 575 g/mol. The topological polar surface area (TPSA) is 76.9 Å². The van der Waals surface area contributed by atoms with Crippen molar-refractivity contribution in [3.8, 4) is 28.1 Å². The highest BCUT2D eigenvalue weighted by molar-refractivity contribution is 7.99. The molecule has 0 bridgehead atoms. The van der Waals surface area contributed by atoms with Crippen LogP contribution in [0, 0.1) is 13.8 Å². The fourth-order valence-electron chi connectivity index (χ4n) is 4.73. The lowest BCUT2D eigenvalue weighted by atomic mass is 10.0. The number of anilines is 1. The first-order valence-electron chi connectivity index (χ1n) is 13.1. The fraction of sp³-hybridized carbons (Fsp3) is 0.0909. The third kappa shape index (κ3) is 5.84. The van der Waals surface area contributed by atoms with Crippen molar-refractivity contribution in [2.24, 2.45) is 0 Å². The van der Waals surface area contributed by atoms with E-state index in [0.717, 1.165) is 39.2 Å². The Morgan fingerprint density at radius 3 is 2.24 bits per heavy atom. The molecular weight excluding hydrogens is 549 g/mol. The molecule has 0 aliphatic rings. The van der Waals surface area contributed by atoms with Crippen LogP contribution in [0.1, 0.15) is 11.1 Å². The molecule has 6 nitrogen and oxygen atoms in total. The average Bonchev–Trinajstić information content (AvgIpc) is 3.44. The maximum absolute atomic E-state index is 13.5. The number of hydrogen-bond acceptors (Lipinski definition) is 6. The fourth-order valence-corrected chi connectivity index (χ4v) is 6.28. The summed E-state index contributed by atoms with van der Waals surface area (Å²) in [6, 6.07) is 31.7. The van der Waals surface area contributed by atoms with Crippen LogP contribution >= 0.6 is 23.1 Å². The van der Waals surface area contributed by atoms with Gasteiger partial charge in [0.25, 0.3) is 5.56 Å². The molecule has 0 fully saturated rings. The number of hydrogen-bond donors (Lipinski definition) is 1. The highest BCUT2D eigenvalue weighted by Gasteiger charge is 2.16. The molecule has 1 amide bonds. The van der Waals surface area contributed by atoms with Gasteiger partial charge in [0, 0.05) is 10.9 Å². The lowest BCUT2D eigenvalue weighted by Crippen LogP contribution is -2.23. The minimum Gasteiger partial charge on any atom is -0.301 e. The van der Waals surface area contributed by atoms with Crippen molar-refractivity contribution in [1.29, 1.82) is 0 Å². The number of thioether (sulfide) groups is 1. The summed E-state index contributed by atoms with van der Waals surface area (Å²) in [6.45, 7) is 3.99. The Balaban J connectivity index is 1.20. The third-order valence-corrected chi connectivity index (χ3v) is 8.28. The zero-order valence-electron chi connectivity index (χ0n) is 22.5. The zero-order chi connectivity index (χ0) is 28.3. The Kier molecular flexibility index (Phi) is 7.50. The van der Waals surface area contributed by atoms with E-state index in [4.69, 9.17) is 4.98 Å². The van der Waals surface area contributed by atoms with E-state index >= 15 is 0 Å². The van der Waals surface area contributed by atoms with Crippen molar-refractivity contribution < 1.29 is 4.79 Å². The van der Waals surface area contributed by atoms with Gasteiger partial charge >= 0.3 is 0 Å². The maximum Gasteiger partial charge on any atom is 0.266 e. The molecule has 8 heteroatoms. The van der Waals surface area contributed by atoms with E-state index in [1.54, 1.807) is 10.6 Å². The Labute approximate surface area is 245 Å². The van der Waals surface area contributed by atoms with Crippen molar-refractivity contribution in [2.45, 2.75) is 19.0 Å². The number of amides is 1. The normalized spacial score (nSPS) is 11.1. The summed E-state index contributed by atoms with van der Waals surface area (Å²) in [6.07, 6.45) is 0. The number of nitrogens with zero attached hydrogens (tertiary/aromatic N) is 3. The highest BCUT2D eigenvalue weighted by Crippen LogP contribution is 2.28. The summed E-state index contributed by atoms with van der Waals surface area (Å²) >= 11 is 2.61. The summed E-state index contributed by atoms with van der Waals surface area (Å²) in [4.78, 5) is 35.9. The lowest BCUT2D eigenvalue weighted by Gasteiger charge is -2.14. The molecule has 0 saturated heterocycles. The van der Waals surface area contributed by atoms with Gasteiger partial charge in [0.15, 0.2) is 10.3 Å². The first-order chi connectivity index (χ1) is 19.9. The van der Waals surface area contributed by atoms with E-state index in [2.05, 4.69) is 40.6 Å². The van der Waals surface area contributed by atoms with Gasteiger partial charge in [-0.1, -0.05) is 84.6 Å². The molecule has 6 aromatic rings. The van der Waals surface area contributed by atoms with Crippen LogP contribution in [0.2, 0.25) is 0 Å². The minimum absolute atomic E-state index is 0.0796. The summed E-state index contributed by atoms with van der Waals surface area (Å²) in [7, 11) is 0. The molecule has 1 N–H and O–H groups in total. The highest BCUT2D eigenvalue weighted by atomic mass is 32.2. The maximum atomic E-state index is 13.5. The van der Waals surface area contributed by atoms with E-state index in [1.807, 2.05) is 79.9 Å². The third-order valence-electron chi connectivity index (χ3n) is 6.58. The number of aromatic nitrogens is 3. The van der Waals surface area contributed by atoms with Gasteiger partial charge in [-0.15, -0.1) is 11.3 Å². The lowest BCUT2D eigenvalue weighted by molar-refractivity contribution is -0.113. The number of para-hydroxylation sites is 1. The van der Waals surface area contributed by atoms with Crippen LogP contribution in [0.4, 0.5) is 5.13 Å². The Morgan fingerprint density at radius 1 is 0.829 bits per heavy atom. The molecule has 2 aromatic heterocycles. The predicted octanol–water partition coefficient (Wildman–Crippen LogP) is 7.52. The largest absolute Gasteiger partial charge is 0.301 e. The monoisotopic (exact) mass is 574 g/mol. The van der Waals surface area contributed by atoms with Gasteiger partial charge in [-0.05, 0) is 60.4 Å². The van der Waals surface area contributed by atoms with E-state index in [-0.39, 0.29) is 17.2 Å². The number of rotatable bonds is 7. The van der Waals surface area contributed by atoms with Crippen molar-refractivity contribution in [1.82, 2.24) is 14.5 Å². The SMILES string of the molecule is Cc1cc(C)cc(-n2c(SCC(=O)Nc3nc(-c4ccc(-c5ccccc5)cc4)cs3)nc3ccccc3c2=O)c1. The van der Waals surface area contributed by atoms with E-state index in [9.17, 15) is 9.59 Å². The summed E-state index contributed by atoms with van der Waals surface area (Å²) < 4.78 is 1.60. The second-order valence-corrected chi connectivity index (χ2v) is 11.5. The zero-order valence-corrected chi connectivity index (χ0v) is 24.1. The standard InChI is InChI=1S/C33H26N4O2S2/c1-21-16-22(2)18-26(17-21)37-31(39)27-10-6-7-11-28(27)35-33(37)41-20-30(38)36-32-34-29(19-40-32)25-14-12-24(13-15-25)23-8-4-3-5-9-23/h3-19H,20H2,1-2H3,(H,34,36,38). The number of fused-ring (bicyclic) bond motifs is 1. The molecular formula is C33H26N4O2S2. The van der Waals surface area contributed by atoms with Crippen LogP contribution in [0.5, 0.6) is 0 Å². The van der Waals surface area contributed by atoms with Gasteiger partial charge in [-0.2, -0.15) is 0 Å². The van der Waals surface area contributed by atoms with Crippen molar-refractivity contribution in [3.05, 3.63) is 124 Å². The Morgan fingerprint density at radius 2 is 1.49 bits per heavy atom. The molecule has 0 spiro atoms. The molecule has 0 aliphatic carbocycles. The van der Waals surface area contributed by atoms with Gasteiger partial charge in [0.2, 0.25) is 5.91 Å². The van der Waals surface area contributed by atoms with E-state index in [0.29, 0.717) is 21.2 Å². The van der Waals surface area contributed by atoms with Crippen LogP contribution in [0.15, 0.2) is 112 Å². The second-order valence-electron chi connectivity index (χ2n) is 9.72. The summed E-state index contributed by atoms with van der Waals surface area (Å²) in [5, 5.41) is 6.36. The summed E-state index contributed by atoms with van der Waals surface area (Å²) in [5.41, 5.74) is 7.34. The minimum atomic E-state index is -0.218. The molecule has 2 heterocycles. The molecule has 202 valence electrons. The molecule has 4 aromatic carbocycles. The van der Waals surface area contributed by atoms with Crippen LogP contribution in [-0.2, 0) is 4.79 Å². The molecule has 6 rings (SSSR count). The van der Waals surface area contributed by atoms with Gasteiger partial charge in [0.1, 0.15) is 0 Å². The van der Waals surface area contributed by atoms with E-state index in [1.165, 1.54) is 23.1 Å². The van der Waals surface area contributed by atoms with Crippen molar-refractivity contribution in [2.75, 3.05) is 11.1 Å². The Bertz CT molecular complexity index is 1910. The predicted molar refractivity (Wildman–Crippen MR) is 169 cm³/mol. The molecule has 0 saturated carbocycles. The molecule has 0 unspecified atom stereocenters. The van der Waals surface area contributed by atoms with Gasteiger partial charge < -0.3 is 5.32 Å². The Hall–Kier alpha value is -4.53. The number of aryl methyl sites for hydroxylation is 2. The first kappa shape index (κ1) is 26.7.